The number of ether oxygens (including phenoxy) is 1. The molecule has 0 N–H and O–H groups in total. The number of aryl methyl sites for hydroxylation is 1. The van der Waals surface area contributed by atoms with Gasteiger partial charge in [-0.05, 0) is 63.5 Å². The lowest BCUT2D eigenvalue weighted by molar-refractivity contribution is 0.101. The maximum absolute atomic E-state index is 11.4. The Morgan fingerprint density at radius 2 is 2.10 bits per heavy atom. The highest BCUT2D eigenvalue weighted by atomic mass is 16.5. The van der Waals surface area contributed by atoms with Gasteiger partial charge in [-0.1, -0.05) is 25.8 Å². The number of hydrogen-bond donors (Lipinski definition) is 0. The maximum Gasteiger partial charge on any atom is 0.160 e. The Morgan fingerprint density at radius 3 is 2.65 bits per heavy atom. The molecule has 1 aromatic rings. The topological polar surface area (TPSA) is 26.3 Å². The summed E-state index contributed by atoms with van der Waals surface area (Å²) in [6.07, 6.45) is 8.92. The van der Waals surface area contributed by atoms with Crippen molar-refractivity contribution >= 4 is 5.78 Å². The minimum absolute atomic E-state index is 0.0991. The van der Waals surface area contributed by atoms with Crippen LogP contribution in [0.5, 0.6) is 5.75 Å². The smallest absolute Gasteiger partial charge is 0.160 e. The summed E-state index contributed by atoms with van der Waals surface area (Å²) in [6, 6.07) is 5.69. The second-order valence-corrected chi connectivity index (χ2v) is 5.21. The third-order valence-electron chi connectivity index (χ3n) is 3.36. The van der Waals surface area contributed by atoms with Gasteiger partial charge in [-0.25, -0.2) is 0 Å². The van der Waals surface area contributed by atoms with Crippen LogP contribution in [0.3, 0.4) is 0 Å². The predicted octanol–water partition coefficient (Wildman–Crippen LogP) is 5.10. The van der Waals surface area contributed by atoms with E-state index < -0.39 is 0 Å². The summed E-state index contributed by atoms with van der Waals surface area (Å²) in [7, 11) is 0. The molecule has 0 aliphatic rings. The van der Waals surface area contributed by atoms with E-state index in [9.17, 15) is 4.79 Å². The van der Waals surface area contributed by atoms with Crippen molar-refractivity contribution in [3.8, 4) is 5.75 Å². The molecule has 1 rings (SSSR count). The maximum atomic E-state index is 11.4. The molecule has 0 aliphatic heterocycles. The Bertz CT molecular complexity index is 460. The fourth-order valence-electron chi connectivity index (χ4n) is 2.28. The molecule has 110 valence electrons. The molecule has 2 nitrogen and oxygen atoms in total. The molecule has 2 heteroatoms. The fraction of sp³-hybridized carbons (Fsp3) is 0.500. The van der Waals surface area contributed by atoms with Crippen molar-refractivity contribution in [3.63, 3.8) is 0 Å². The largest absolute Gasteiger partial charge is 0.486 e. The predicted molar refractivity (Wildman–Crippen MR) is 84.6 cm³/mol. The fourth-order valence-corrected chi connectivity index (χ4v) is 2.28. The summed E-state index contributed by atoms with van der Waals surface area (Å²) >= 11 is 0. The number of unbranched alkanes of at least 4 members (excludes halogenated alkanes) is 2. The summed E-state index contributed by atoms with van der Waals surface area (Å²) in [6.45, 7) is 7.76. The number of allylic oxidation sites excluding steroid dienone is 1. The normalized spacial score (nSPS) is 12.6. The molecule has 0 spiro atoms. The molecule has 1 atom stereocenters. The average Bonchev–Trinajstić information content (AvgIpc) is 2.39. The van der Waals surface area contributed by atoms with E-state index in [0.717, 1.165) is 23.3 Å². The number of benzene rings is 1. The molecule has 0 saturated heterocycles. The minimum Gasteiger partial charge on any atom is -0.486 e. The molecular weight excluding hydrogens is 248 g/mol. The molecule has 20 heavy (non-hydrogen) atoms. The van der Waals surface area contributed by atoms with Gasteiger partial charge >= 0.3 is 0 Å². The molecule has 0 radical (unpaired) electrons. The molecule has 0 amide bonds. The van der Waals surface area contributed by atoms with Crippen LogP contribution >= 0.6 is 0 Å². The zero-order valence-electron chi connectivity index (χ0n) is 13.1. The highest BCUT2D eigenvalue weighted by Crippen LogP contribution is 2.20. The van der Waals surface area contributed by atoms with Crippen LogP contribution in [-0.2, 0) is 0 Å². The minimum atomic E-state index is 0.0991. The van der Waals surface area contributed by atoms with Crippen molar-refractivity contribution in [2.24, 2.45) is 0 Å². The second-order valence-electron chi connectivity index (χ2n) is 5.21. The van der Waals surface area contributed by atoms with Crippen molar-refractivity contribution in [1.29, 1.82) is 0 Å². The molecular formula is C18H26O2. The van der Waals surface area contributed by atoms with E-state index in [0.29, 0.717) is 0 Å². The van der Waals surface area contributed by atoms with E-state index >= 15 is 0 Å². The second kappa shape index (κ2) is 8.57. The van der Waals surface area contributed by atoms with E-state index in [1.54, 1.807) is 6.92 Å². The zero-order chi connectivity index (χ0) is 15.0. The Balaban J connectivity index is 2.73. The number of carbonyl (C=O) groups is 1. The molecule has 0 heterocycles. The van der Waals surface area contributed by atoms with Crippen LogP contribution in [0.4, 0.5) is 0 Å². The average molecular weight is 274 g/mol. The van der Waals surface area contributed by atoms with Crippen LogP contribution < -0.4 is 4.74 Å². The van der Waals surface area contributed by atoms with Crippen LogP contribution in [0.1, 0.15) is 62.4 Å². The highest BCUT2D eigenvalue weighted by Gasteiger charge is 2.09. The van der Waals surface area contributed by atoms with E-state index in [2.05, 4.69) is 13.0 Å². The van der Waals surface area contributed by atoms with Crippen LogP contribution in [0.2, 0.25) is 0 Å². The summed E-state index contributed by atoms with van der Waals surface area (Å²) in [5.74, 6) is 0.939. The van der Waals surface area contributed by atoms with Gasteiger partial charge in [-0.15, -0.1) is 0 Å². The van der Waals surface area contributed by atoms with Gasteiger partial charge in [0.05, 0.1) is 0 Å². The third-order valence-corrected chi connectivity index (χ3v) is 3.36. The van der Waals surface area contributed by atoms with E-state index in [4.69, 9.17) is 4.74 Å². The van der Waals surface area contributed by atoms with Gasteiger partial charge in [0.15, 0.2) is 5.78 Å². The lowest BCUT2D eigenvalue weighted by atomic mass is 10.1. The van der Waals surface area contributed by atoms with Crippen molar-refractivity contribution in [2.45, 2.75) is 59.5 Å². The molecule has 0 fully saturated rings. The first kappa shape index (κ1) is 16.5. The SMILES string of the molecule is C/C=C\C(CCCCC)Oc1ccc(C(C)=O)c(C)c1. The van der Waals surface area contributed by atoms with Gasteiger partial charge in [0.2, 0.25) is 0 Å². The first-order valence-electron chi connectivity index (χ1n) is 7.49. The number of rotatable bonds is 8. The van der Waals surface area contributed by atoms with Crippen molar-refractivity contribution in [1.82, 2.24) is 0 Å². The van der Waals surface area contributed by atoms with Crippen LogP contribution in [0.25, 0.3) is 0 Å². The molecule has 0 aromatic heterocycles. The first-order chi connectivity index (χ1) is 9.58. The van der Waals surface area contributed by atoms with Crippen LogP contribution in [0.15, 0.2) is 30.4 Å². The van der Waals surface area contributed by atoms with Gasteiger partial charge in [0.25, 0.3) is 0 Å². The third kappa shape index (κ3) is 5.20. The zero-order valence-corrected chi connectivity index (χ0v) is 13.1. The van der Waals surface area contributed by atoms with Crippen LogP contribution in [0, 0.1) is 6.92 Å². The number of hydrogen-bond acceptors (Lipinski definition) is 2. The molecule has 1 unspecified atom stereocenters. The molecule has 0 bridgehead atoms. The van der Waals surface area contributed by atoms with E-state index in [1.165, 1.54) is 19.3 Å². The molecule has 0 saturated carbocycles. The van der Waals surface area contributed by atoms with Crippen molar-refractivity contribution in [3.05, 3.63) is 41.5 Å². The Labute approximate surface area is 122 Å². The lowest BCUT2D eigenvalue weighted by Crippen LogP contribution is -2.13. The Hall–Kier alpha value is -1.57. The Kier molecular flexibility index (Phi) is 7.06. The van der Waals surface area contributed by atoms with E-state index in [-0.39, 0.29) is 11.9 Å². The van der Waals surface area contributed by atoms with Crippen molar-refractivity contribution in [2.75, 3.05) is 0 Å². The monoisotopic (exact) mass is 274 g/mol. The van der Waals surface area contributed by atoms with E-state index in [1.807, 2.05) is 38.1 Å². The van der Waals surface area contributed by atoms with Gasteiger partial charge in [-0.3, -0.25) is 4.79 Å². The number of ketones is 1. The van der Waals surface area contributed by atoms with Gasteiger partial charge in [0, 0.05) is 5.56 Å². The first-order valence-corrected chi connectivity index (χ1v) is 7.49. The van der Waals surface area contributed by atoms with Gasteiger partial charge < -0.3 is 4.74 Å². The number of Topliss-reactive ketones (excluding diaryl/α,β-unsaturated/α-hetero) is 1. The summed E-state index contributed by atoms with van der Waals surface area (Å²) in [4.78, 5) is 11.4. The van der Waals surface area contributed by atoms with Crippen molar-refractivity contribution < 1.29 is 9.53 Å². The highest BCUT2D eigenvalue weighted by molar-refractivity contribution is 5.95. The number of carbonyl (C=O) groups excluding carboxylic acids is 1. The molecule has 1 aromatic carbocycles. The summed E-state index contributed by atoms with van der Waals surface area (Å²) < 4.78 is 6.02. The quantitative estimate of drug-likeness (QED) is 0.374. The Morgan fingerprint density at radius 1 is 1.35 bits per heavy atom. The summed E-state index contributed by atoms with van der Waals surface area (Å²) in [5.41, 5.74) is 1.74. The lowest BCUT2D eigenvalue weighted by Gasteiger charge is -2.16. The summed E-state index contributed by atoms with van der Waals surface area (Å²) in [5, 5.41) is 0. The molecule has 0 aliphatic carbocycles. The standard InChI is InChI=1S/C18H26O2/c1-5-7-8-10-16(9-6-2)20-17-11-12-18(15(4)19)14(3)13-17/h6,9,11-13,16H,5,7-8,10H2,1-4H3/b9-6-. The van der Waals surface area contributed by atoms with Crippen LogP contribution in [-0.4, -0.2) is 11.9 Å². The van der Waals surface area contributed by atoms with Gasteiger partial charge in [0.1, 0.15) is 11.9 Å². The van der Waals surface area contributed by atoms with Gasteiger partial charge in [-0.2, -0.15) is 0 Å².